The summed E-state index contributed by atoms with van der Waals surface area (Å²) in [7, 11) is 0. The molecule has 3 nitrogen and oxygen atoms in total. The van der Waals surface area contributed by atoms with E-state index < -0.39 is 0 Å². The molecule has 0 saturated carbocycles. The first kappa shape index (κ1) is 9.28. The van der Waals surface area contributed by atoms with Crippen LogP contribution in [0.5, 0.6) is 0 Å². The molecule has 2 aliphatic heterocycles. The summed E-state index contributed by atoms with van der Waals surface area (Å²) in [6.45, 7) is 0.878. The van der Waals surface area contributed by atoms with Crippen molar-refractivity contribution in [2.75, 3.05) is 6.54 Å². The van der Waals surface area contributed by atoms with Crippen LogP contribution in [0.1, 0.15) is 30.1 Å². The molecule has 2 aliphatic rings. The Labute approximate surface area is 99.4 Å². The van der Waals surface area contributed by atoms with E-state index in [0.29, 0.717) is 18.4 Å². The first-order valence-electron chi connectivity index (χ1n) is 6.23. The van der Waals surface area contributed by atoms with Crippen molar-refractivity contribution < 1.29 is 4.79 Å². The van der Waals surface area contributed by atoms with Crippen molar-refractivity contribution in [2.24, 2.45) is 0 Å². The zero-order valence-corrected chi connectivity index (χ0v) is 9.57. The number of aromatic amines is 1. The van der Waals surface area contributed by atoms with Crippen LogP contribution >= 0.6 is 0 Å². The minimum atomic E-state index is 0.322. The van der Waals surface area contributed by atoms with Crippen LogP contribution < -0.4 is 0 Å². The lowest BCUT2D eigenvalue weighted by molar-refractivity contribution is -0.129. The fraction of sp³-hybridized carbons (Fsp3) is 0.357. The third-order valence-corrected chi connectivity index (χ3v) is 4.09. The van der Waals surface area contributed by atoms with Crippen molar-refractivity contribution in [2.45, 2.75) is 25.3 Å². The summed E-state index contributed by atoms with van der Waals surface area (Å²) in [5, 5.41) is 1.30. The van der Waals surface area contributed by atoms with Gasteiger partial charge in [-0.2, -0.15) is 0 Å². The van der Waals surface area contributed by atoms with Crippen LogP contribution in [0.25, 0.3) is 10.9 Å². The summed E-state index contributed by atoms with van der Waals surface area (Å²) in [4.78, 5) is 17.4. The maximum atomic E-state index is 11.8. The zero-order chi connectivity index (χ0) is 11.4. The number of aromatic nitrogens is 1. The number of carbonyl (C=O) groups is 1. The summed E-state index contributed by atoms with van der Waals surface area (Å²) >= 11 is 0. The van der Waals surface area contributed by atoms with Gasteiger partial charge in [-0.05, 0) is 12.5 Å². The normalized spacial score (nSPS) is 22.9. The third kappa shape index (κ3) is 1.14. The van der Waals surface area contributed by atoms with Crippen molar-refractivity contribution in [3.8, 4) is 0 Å². The van der Waals surface area contributed by atoms with E-state index in [2.05, 4.69) is 34.1 Å². The molecule has 0 unspecified atom stereocenters. The molecule has 86 valence electrons. The third-order valence-electron chi connectivity index (χ3n) is 4.09. The van der Waals surface area contributed by atoms with Gasteiger partial charge in [-0.15, -0.1) is 0 Å². The average molecular weight is 226 g/mol. The first-order valence-corrected chi connectivity index (χ1v) is 6.23. The van der Waals surface area contributed by atoms with Crippen LogP contribution in [0.2, 0.25) is 0 Å². The Morgan fingerprint density at radius 1 is 1.24 bits per heavy atom. The minimum absolute atomic E-state index is 0.322. The lowest BCUT2D eigenvalue weighted by atomic mass is 9.96. The van der Waals surface area contributed by atoms with Gasteiger partial charge in [-0.1, -0.05) is 18.2 Å². The van der Waals surface area contributed by atoms with Crippen LogP contribution in [0.4, 0.5) is 0 Å². The van der Waals surface area contributed by atoms with Crippen LogP contribution in [0, 0.1) is 0 Å². The number of carbonyl (C=O) groups excluding carboxylic acids is 1. The summed E-state index contributed by atoms with van der Waals surface area (Å²) in [6.07, 6.45) is 2.66. The molecule has 1 N–H and O–H groups in total. The molecule has 2 aromatic rings. The standard InChI is InChI=1S/C14H14N2O/c17-13-6-5-12-14-9-3-1-2-4-10(9)15-11(14)7-8-16(12)13/h1-4,12,15H,5-8H2/t12-/m0/s1. The van der Waals surface area contributed by atoms with E-state index >= 15 is 0 Å². The molecule has 4 rings (SSSR count). The van der Waals surface area contributed by atoms with Crippen LogP contribution in [0.3, 0.4) is 0 Å². The SMILES string of the molecule is O=C1CC[C@H]2c3c([nH]c4ccccc34)CCN12. The van der Waals surface area contributed by atoms with Gasteiger partial charge in [0.15, 0.2) is 0 Å². The minimum Gasteiger partial charge on any atom is -0.358 e. The van der Waals surface area contributed by atoms with Crippen molar-refractivity contribution in [1.82, 2.24) is 9.88 Å². The number of H-pyrrole nitrogens is 1. The Morgan fingerprint density at radius 3 is 3.06 bits per heavy atom. The summed E-state index contributed by atoms with van der Waals surface area (Å²) < 4.78 is 0. The summed E-state index contributed by atoms with van der Waals surface area (Å²) in [6, 6.07) is 8.74. The number of hydrogen-bond donors (Lipinski definition) is 1. The molecule has 1 fully saturated rings. The van der Waals surface area contributed by atoms with Crippen molar-refractivity contribution in [3.63, 3.8) is 0 Å². The predicted molar refractivity (Wildman–Crippen MR) is 65.7 cm³/mol. The Balaban J connectivity index is 1.97. The molecular weight excluding hydrogens is 212 g/mol. The molecule has 3 heterocycles. The van der Waals surface area contributed by atoms with E-state index in [0.717, 1.165) is 19.4 Å². The highest BCUT2D eigenvalue weighted by molar-refractivity contribution is 5.88. The van der Waals surface area contributed by atoms with Gasteiger partial charge in [0.25, 0.3) is 0 Å². The number of amides is 1. The lowest BCUT2D eigenvalue weighted by Gasteiger charge is -2.30. The Bertz CT molecular complexity index is 614. The van der Waals surface area contributed by atoms with E-state index in [1.165, 1.54) is 22.2 Å². The largest absolute Gasteiger partial charge is 0.358 e. The fourth-order valence-electron chi connectivity index (χ4n) is 3.34. The Kier molecular flexibility index (Phi) is 1.71. The van der Waals surface area contributed by atoms with E-state index in [1.807, 2.05) is 0 Å². The summed E-state index contributed by atoms with van der Waals surface area (Å²) in [5.41, 5.74) is 3.92. The zero-order valence-electron chi connectivity index (χ0n) is 9.57. The van der Waals surface area contributed by atoms with Crippen LogP contribution in [-0.2, 0) is 11.2 Å². The van der Waals surface area contributed by atoms with E-state index in [9.17, 15) is 4.79 Å². The van der Waals surface area contributed by atoms with Crippen molar-refractivity contribution in [3.05, 3.63) is 35.5 Å². The van der Waals surface area contributed by atoms with Gasteiger partial charge in [0, 0.05) is 41.5 Å². The number of para-hydroxylation sites is 1. The maximum Gasteiger partial charge on any atom is 0.223 e. The molecule has 0 spiro atoms. The highest BCUT2D eigenvalue weighted by atomic mass is 16.2. The summed E-state index contributed by atoms with van der Waals surface area (Å²) in [5.74, 6) is 0.325. The predicted octanol–water partition coefficient (Wildman–Crippen LogP) is 2.39. The highest BCUT2D eigenvalue weighted by Crippen LogP contribution is 2.41. The fourth-order valence-corrected chi connectivity index (χ4v) is 3.34. The topological polar surface area (TPSA) is 36.1 Å². The number of nitrogens with one attached hydrogen (secondary N) is 1. The molecule has 0 aliphatic carbocycles. The van der Waals surface area contributed by atoms with Crippen molar-refractivity contribution >= 4 is 16.8 Å². The second kappa shape index (κ2) is 3.13. The first-order chi connectivity index (χ1) is 8.34. The van der Waals surface area contributed by atoms with E-state index in [1.54, 1.807) is 0 Å². The van der Waals surface area contributed by atoms with Gasteiger partial charge in [-0.3, -0.25) is 4.79 Å². The number of nitrogens with zero attached hydrogens (tertiary/aromatic N) is 1. The second-order valence-corrected chi connectivity index (χ2v) is 4.95. The van der Waals surface area contributed by atoms with E-state index in [4.69, 9.17) is 0 Å². The molecule has 1 aromatic carbocycles. The molecule has 17 heavy (non-hydrogen) atoms. The second-order valence-electron chi connectivity index (χ2n) is 4.95. The van der Waals surface area contributed by atoms with Crippen molar-refractivity contribution in [1.29, 1.82) is 0 Å². The molecule has 1 aromatic heterocycles. The molecule has 0 bridgehead atoms. The highest BCUT2D eigenvalue weighted by Gasteiger charge is 2.37. The molecular formula is C14H14N2O. The number of hydrogen-bond acceptors (Lipinski definition) is 1. The van der Waals surface area contributed by atoms with E-state index in [-0.39, 0.29) is 0 Å². The smallest absolute Gasteiger partial charge is 0.223 e. The number of benzene rings is 1. The number of rotatable bonds is 0. The maximum absolute atomic E-state index is 11.8. The van der Waals surface area contributed by atoms with Crippen LogP contribution in [0.15, 0.2) is 24.3 Å². The molecule has 1 saturated heterocycles. The molecule has 1 atom stereocenters. The Morgan fingerprint density at radius 2 is 2.12 bits per heavy atom. The van der Waals surface area contributed by atoms with Gasteiger partial charge < -0.3 is 9.88 Å². The molecule has 0 radical (unpaired) electrons. The quantitative estimate of drug-likeness (QED) is 0.735. The van der Waals surface area contributed by atoms with Gasteiger partial charge in [-0.25, -0.2) is 0 Å². The number of fused-ring (bicyclic) bond motifs is 5. The monoisotopic (exact) mass is 226 g/mol. The molecule has 1 amide bonds. The van der Waals surface area contributed by atoms with Crippen LogP contribution in [-0.4, -0.2) is 22.3 Å². The van der Waals surface area contributed by atoms with Gasteiger partial charge in [0.2, 0.25) is 5.91 Å². The Hall–Kier alpha value is -1.77. The lowest BCUT2D eigenvalue weighted by Crippen LogP contribution is -2.33. The van der Waals surface area contributed by atoms with Gasteiger partial charge in [0.1, 0.15) is 0 Å². The average Bonchev–Trinajstić information content (AvgIpc) is 2.90. The van der Waals surface area contributed by atoms with Gasteiger partial charge >= 0.3 is 0 Å². The van der Waals surface area contributed by atoms with Gasteiger partial charge in [0.05, 0.1) is 6.04 Å². The molecule has 3 heteroatoms.